The molecule has 0 atom stereocenters. The molecule has 0 spiro atoms. The first-order valence-corrected chi connectivity index (χ1v) is 16.7. The Morgan fingerprint density at radius 2 is 1.00 bits per heavy atom. The normalized spacial score (nSPS) is 25.7. The van der Waals surface area contributed by atoms with E-state index in [2.05, 4.69) is 62.2 Å². The Kier molecular flexibility index (Phi) is 3.40. The summed E-state index contributed by atoms with van der Waals surface area (Å²) in [6.45, 7) is 14.9. The molecule has 0 fully saturated rings. The molecule has 0 aliphatic carbocycles. The Hall–Kier alpha value is -0.229. The van der Waals surface area contributed by atoms with Gasteiger partial charge >= 0.3 is 0 Å². The minimum atomic E-state index is -1.33. The maximum Gasteiger partial charge on any atom is 0.122 e. The second-order valence-corrected chi connectivity index (χ2v) is 32.7. The van der Waals surface area contributed by atoms with Crippen molar-refractivity contribution in [3.8, 4) is 22.9 Å². The molecule has 1 aliphatic rings. The first-order chi connectivity index (χ1) is 6.71. The van der Waals surface area contributed by atoms with Crippen LogP contribution in [0.2, 0.25) is 39.3 Å². The van der Waals surface area contributed by atoms with Crippen LogP contribution in [0.15, 0.2) is 0 Å². The second kappa shape index (κ2) is 3.97. The first kappa shape index (κ1) is 12.8. The molecule has 0 amide bonds. The van der Waals surface area contributed by atoms with Crippen molar-refractivity contribution in [2.75, 3.05) is 0 Å². The molecule has 0 radical (unpaired) electrons. The van der Waals surface area contributed by atoms with Gasteiger partial charge in [-0.2, -0.15) is 0 Å². The molecular formula is C12H22Si3. The monoisotopic (exact) mass is 250 g/mol. The average Bonchev–Trinajstić information content (AvgIpc) is 2.11. The highest BCUT2D eigenvalue weighted by molar-refractivity contribution is 7.71. The fourth-order valence-corrected chi connectivity index (χ4v) is 27.4. The summed E-state index contributed by atoms with van der Waals surface area (Å²) in [5, 5.41) is 0. The molecule has 0 nitrogen and oxygen atoms in total. The Labute approximate surface area is 97.5 Å². The van der Waals surface area contributed by atoms with Gasteiger partial charge in [0.1, 0.15) is 15.2 Å². The summed E-state index contributed by atoms with van der Waals surface area (Å²) >= 11 is 0. The topological polar surface area (TPSA) is 0 Å². The molecular weight excluding hydrogens is 228 g/mol. The van der Waals surface area contributed by atoms with E-state index in [1.165, 1.54) is 0 Å². The van der Waals surface area contributed by atoms with E-state index in [0.717, 1.165) is 12.8 Å². The lowest BCUT2D eigenvalue weighted by atomic mass is 10.3. The van der Waals surface area contributed by atoms with Crippen LogP contribution in [-0.2, 0) is 0 Å². The van der Waals surface area contributed by atoms with Gasteiger partial charge < -0.3 is 0 Å². The van der Waals surface area contributed by atoms with Crippen molar-refractivity contribution in [3.63, 3.8) is 0 Å². The predicted molar refractivity (Wildman–Crippen MR) is 77.2 cm³/mol. The second-order valence-electron chi connectivity index (χ2n) is 5.98. The fourth-order valence-electron chi connectivity index (χ4n) is 1.79. The maximum atomic E-state index is 3.65. The number of hydrogen-bond donors (Lipinski definition) is 0. The minimum absolute atomic E-state index is 0.985. The third-order valence-corrected chi connectivity index (χ3v) is 42.9. The Morgan fingerprint density at radius 3 is 1.33 bits per heavy atom. The van der Waals surface area contributed by atoms with Gasteiger partial charge in [0.2, 0.25) is 0 Å². The zero-order valence-corrected chi connectivity index (χ0v) is 13.9. The van der Waals surface area contributed by atoms with Crippen molar-refractivity contribution in [1.29, 1.82) is 0 Å². The van der Waals surface area contributed by atoms with Gasteiger partial charge in [0.25, 0.3) is 0 Å². The van der Waals surface area contributed by atoms with Gasteiger partial charge in [-0.15, -0.1) is 22.9 Å². The number of hydrogen-bond acceptors (Lipinski definition) is 0. The summed E-state index contributed by atoms with van der Waals surface area (Å²) in [6.07, 6.45) is 1.97. The largest absolute Gasteiger partial charge is 0.135 e. The number of rotatable bonds is 0. The molecule has 1 heterocycles. The standard InChI is InChI=1S/C12H22Si3/c1-13(2)11-9-7-8-10-12-14(3,4)15(13,5)6/h7-8H2,1-6H3. The van der Waals surface area contributed by atoms with E-state index in [4.69, 9.17) is 0 Å². The van der Waals surface area contributed by atoms with Crippen LogP contribution in [0.5, 0.6) is 0 Å². The lowest BCUT2D eigenvalue weighted by Crippen LogP contribution is -2.69. The summed E-state index contributed by atoms with van der Waals surface area (Å²) < 4.78 is 0. The average molecular weight is 251 g/mol. The van der Waals surface area contributed by atoms with Gasteiger partial charge in [-0.05, 0) is 0 Å². The van der Waals surface area contributed by atoms with E-state index in [0.29, 0.717) is 0 Å². The van der Waals surface area contributed by atoms with Gasteiger partial charge in [-0.3, -0.25) is 0 Å². The van der Waals surface area contributed by atoms with Crippen molar-refractivity contribution in [3.05, 3.63) is 0 Å². The summed E-state index contributed by atoms with van der Waals surface area (Å²) in [5.41, 5.74) is 7.30. The Balaban J connectivity index is 3.29. The summed E-state index contributed by atoms with van der Waals surface area (Å²) in [7, 11) is -3.89. The van der Waals surface area contributed by atoms with Gasteiger partial charge in [0.15, 0.2) is 0 Å². The van der Waals surface area contributed by atoms with Gasteiger partial charge in [0.05, 0.1) is 7.11 Å². The molecule has 82 valence electrons. The highest BCUT2D eigenvalue weighted by atomic mass is 29.6. The molecule has 3 heteroatoms. The van der Waals surface area contributed by atoms with E-state index in [1.54, 1.807) is 0 Å². The van der Waals surface area contributed by atoms with E-state index >= 15 is 0 Å². The molecule has 0 N–H and O–H groups in total. The highest BCUT2D eigenvalue weighted by Gasteiger charge is 2.51. The van der Waals surface area contributed by atoms with E-state index in [-0.39, 0.29) is 0 Å². The van der Waals surface area contributed by atoms with Crippen LogP contribution < -0.4 is 0 Å². The Bertz CT molecular complexity index is 333. The molecule has 0 unspecified atom stereocenters. The summed E-state index contributed by atoms with van der Waals surface area (Å²) in [4.78, 5) is 0. The van der Waals surface area contributed by atoms with Crippen molar-refractivity contribution < 1.29 is 0 Å². The zero-order chi connectivity index (χ0) is 11.7. The van der Waals surface area contributed by atoms with Crippen LogP contribution in [0.4, 0.5) is 0 Å². The van der Waals surface area contributed by atoms with Crippen LogP contribution in [0.1, 0.15) is 12.8 Å². The van der Waals surface area contributed by atoms with Crippen LogP contribution in [0, 0.1) is 22.9 Å². The van der Waals surface area contributed by atoms with Gasteiger partial charge in [0, 0.05) is 12.8 Å². The molecule has 1 rings (SSSR count). The van der Waals surface area contributed by atoms with Gasteiger partial charge in [-0.1, -0.05) is 39.3 Å². The smallest absolute Gasteiger partial charge is 0.122 e. The van der Waals surface area contributed by atoms with E-state index in [9.17, 15) is 0 Å². The van der Waals surface area contributed by atoms with Crippen molar-refractivity contribution in [1.82, 2.24) is 0 Å². The molecule has 1 aliphatic heterocycles. The minimum Gasteiger partial charge on any atom is -0.135 e. The predicted octanol–water partition coefficient (Wildman–Crippen LogP) is 3.15. The fraction of sp³-hybridized carbons (Fsp3) is 0.667. The van der Waals surface area contributed by atoms with Crippen LogP contribution >= 0.6 is 0 Å². The molecule has 0 bridgehead atoms. The molecule has 0 aromatic heterocycles. The molecule has 0 aromatic carbocycles. The lowest BCUT2D eigenvalue weighted by Gasteiger charge is -2.42. The first-order valence-electron chi connectivity index (χ1n) is 5.71. The van der Waals surface area contributed by atoms with Crippen molar-refractivity contribution in [2.45, 2.75) is 52.1 Å². The summed E-state index contributed by atoms with van der Waals surface area (Å²) in [5.74, 6) is 6.75. The van der Waals surface area contributed by atoms with Crippen LogP contribution in [0.25, 0.3) is 0 Å². The summed E-state index contributed by atoms with van der Waals surface area (Å²) in [6, 6.07) is 0. The highest BCUT2D eigenvalue weighted by Crippen LogP contribution is 2.28. The molecule has 0 aromatic rings. The quantitative estimate of drug-likeness (QED) is 0.458. The van der Waals surface area contributed by atoms with E-state index in [1.807, 2.05) is 0 Å². The molecule has 0 saturated heterocycles. The molecule has 15 heavy (non-hydrogen) atoms. The third kappa shape index (κ3) is 2.30. The van der Waals surface area contributed by atoms with Crippen LogP contribution in [-0.4, -0.2) is 22.3 Å². The van der Waals surface area contributed by atoms with Gasteiger partial charge in [-0.25, -0.2) is 0 Å². The third-order valence-electron chi connectivity index (χ3n) is 4.30. The zero-order valence-electron chi connectivity index (χ0n) is 10.9. The van der Waals surface area contributed by atoms with Crippen LogP contribution in [0.3, 0.4) is 0 Å². The van der Waals surface area contributed by atoms with Crippen molar-refractivity contribution in [2.24, 2.45) is 0 Å². The van der Waals surface area contributed by atoms with E-state index < -0.39 is 22.3 Å². The maximum absolute atomic E-state index is 3.65. The Morgan fingerprint density at radius 1 is 0.667 bits per heavy atom. The SMILES string of the molecule is C[Si]1(C)C#CCCC#C[Si](C)(C)[Si]1(C)C. The lowest BCUT2D eigenvalue weighted by molar-refractivity contribution is 1.12. The molecule has 0 saturated carbocycles. The van der Waals surface area contributed by atoms with Crippen molar-refractivity contribution >= 4 is 22.3 Å².